The molecule has 1 saturated heterocycles. The third-order valence-electron chi connectivity index (χ3n) is 2.03. The highest BCUT2D eigenvalue weighted by Gasteiger charge is 2.35. The van der Waals surface area contributed by atoms with Crippen LogP contribution in [0.25, 0.3) is 0 Å². The Bertz CT molecular complexity index is 224. The second kappa shape index (κ2) is 3.29. The lowest BCUT2D eigenvalue weighted by atomic mass is 10.1. The summed E-state index contributed by atoms with van der Waals surface area (Å²) in [5.41, 5.74) is 0. The van der Waals surface area contributed by atoms with E-state index < -0.39 is 14.3 Å². The predicted octanol–water partition coefficient (Wildman–Crippen LogP) is 0.980. The molecule has 1 aliphatic rings. The molecule has 3 nitrogen and oxygen atoms in total. The molecule has 11 heavy (non-hydrogen) atoms. The van der Waals surface area contributed by atoms with Crippen LogP contribution in [-0.4, -0.2) is 26.9 Å². The summed E-state index contributed by atoms with van der Waals surface area (Å²) in [6.07, 6.45) is 0.802. The Morgan fingerprint density at radius 3 is 2.55 bits per heavy atom. The van der Waals surface area contributed by atoms with E-state index in [0.717, 1.165) is 6.42 Å². The molecule has 0 aromatic carbocycles. The van der Waals surface area contributed by atoms with Crippen molar-refractivity contribution in [3.8, 4) is 0 Å². The molecule has 0 spiro atoms. The Hall–Kier alpha value is 0.200. The first-order valence-corrected chi connectivity index (χ1v) is 5.94. The number of hydrogen-bond donors (Lipinski definition) is 0. The normalized spacial score (nSPS) is 32.5. The van der Waals surface area contributed by atoms with Crippen LogP contribution in [0, 0.1) is 5.92 Å². The van der Waals surface area contributed by atoms with Crippen LogP contribution in [0.3, 0.4) is 0 Å². The van der Waals surface area contributed by atoms with Gasteiger partial charge in [-0.25, -0.2) is 8.42 Å². The fourth-order valence-electron chi connectivity index (χ4n) is 1.27. The first kappa shape index (κ1) is 9.29. The summed E-state index contributed by atoms with van der Waals surface area (Å²) >= 11 is 0. The van der Waals surface area contributed by atoms with Crippen molar-refractivity contribution in [2.45, 2.75) is 18.6 Å². The Morgan fingerprint density at radius 2 is 2.18 bits per heavy atom. The van der Waals surface area contributed by atoms with Gasteiger partial charge in [0.05, 0.1) is 13.2 Å². The Balaban J connectivity index is 2.72. The molecule has 1 fully saturated rings. The van der Waals surface area contributed by atoms with E-state index in [9.17, 15) is 8.42 Å². The molecule has 0 aliphatic carbocycles. The maximum absolute atomic E-state index is 10.9. The SMILES string of the molecule is CCC1COCC1S(=O)(=O)Cl. The van der Waals surface area contributed by atoms with Gasteiger partial charge in [-0.2, -0.15) is 0 Å². The molecular formula is C6H11ClO3S. The molecule has 1 rings (SSSR count). The molecule has 0 aromatic rings. The van der Waals surface area contributed by atoms with Crippen LogP contribution >= 0.6 is 10.7 Å². The van der Waals surface area contributed by atoms with Gasteiger partial charge in [-0.05, 0) is 6.42 Å². The van der Waals surface area contributed by atoms with E-state index in [1.165, 1.54) is 0 Å². The van der Waals surface area contributed by atoms with Gasteiger partial charge in [0.15, 0.2) is 0 Å². The number of halogens is 1. The second-order valence-electron chi connectivity index (χ2n) is 2.72. The molecular weight excluding hydrogens is 188 g/mol. The quantitative estimate of drug-likeness (QED) is 0.622. The van der Waals surface area contributed by atoms with Crippen LogP contribution in [0.4, 0.5) is 0 Å². The highest BCUT2D eigenvalue weighted by molar-refractivity contribution is 8.14. The van der Waals surface area contributed by atoms with Gasteiger partial charge < -0.3 is 4.74 Å². The summed E-state index contributed by atoms with van der Waals surface area (Å²) in [7, 11) is 1.79. The Labute approximate surface area is 71.1 Å². The van der Waals surface area contributed by atoms with Gasteiger partial charge in [-0.3, -0.25) is 0 Å². The van der Waals surface area contributed by atoms with E-state index in [-0.39, 0.29) is 12.5 Å². The molecule has 0 N–H and O–H groups in total. The van der Waals surface area contributed by atoms with Gasteiger partial charge in [0.25, 0.3) is 0 Å². The molecule has 0 radical (unpaired) electrons. The first-order valence-electron chi connectivity index (χ1n) is 3.57. The minimum absolute atomic E-state index is 0.0810. The third kappa shape index (κ3) is 2.07. The van der Waals surface area contributed by atoms with Crippen LogP contribution in [0.15, 0.2) is 0 Å². The van der Waals surface area contributed by atoms with Crippen molar-refractivity contribution in [3.05, 3.63) is 0 Å². The molecule has 66 valence electrons. The standard InChI is InChI=1S/C6H11ClO3S/c1-2-5-3-10-4-6(5)11(7,8)9/h5-6H,2-4H2,1H3. The molecule has 0 saturated carbocycles. The summed E-state index contributed by atoms with van der Waals surface area (Å²) in [6, 6.07) is 0. The average Bonchev–Trinajstić information content (AvgIpc) is 2.31. The van der Waals surface area contributed by atoms with E-state index in [1.807, 2.05) is 6.92 Å². The summed E-state index contributed by atoms with van der Waals surface area (Å²) in [5.74, 6) is 0.0810. The summed E-state index contributed by atoms with van der Waals surface area (Å²) in [5, 5.41) is -0.492. The van der Waals surface area contributed by atoms with E-state index in [2.05, 4.69) is 0 Å². The zero-order valence-corrected chi connectivity index (χ0v) is 7.86. The van der Waals surface area contributed by atoms with E-state index in [4.69, 9.17) is 15.4 Å². The summed E-state index contributed by atoms with van der Waals surface area (Å²) in [4.78, 5) is 0. The zero-order valence-electron chi connectivity index (χ0n) is 6.29. The van der Waals surface area contributed by atoms with Crippen molar-refractivity contribution in [3.63, 3.8) is 0 Å². The summed E-state index contributed by atoms with van der Waals surface area (Å²) < 4.78 is 26.8. The monoisotopic (exact) mass is 198 g/mol. The predicted molar refractivity (Wildman–Crippen MR) is 43.2 cm³/mol. The lowest BCUT2D eigenvalue weighted by Gasteiger charge is -2.10. The molecule has 5 heteroatoms. The zero-order chi connectivity index (χ0) is 8.48. The van der Waals surface area contributed by atoms with Gasteiger partial charge >= 0.3 is 0 Å². The van der Waals surface area contributed by atoms with Crippen molar-refractivity contribution >= 4 is 19.7 Å². The number of ether oxygens (including phenoxy) is 1. The maximum Gasteiger partial charge on any atom is 0.238 e. The van der Waals surface area contributed by atoms with Gasteiger partial charge in [0.2, 0.25) is 9.05 Å². The highest BCUT2D eigenvalue weighted by Crippen LogP contribution is 2.25. The highest BCUT2D eigenvalue weighted by atomic mass is 35.7. The van der Waals surface area contributed by atoms with E-state index in [1.54, 1.807) is 0 Å². The van der Waals surface area contributed by atoms with Crippen LogP contribution in [0.2, 0.25) is 0 Å². The van der Waals surface area contributed by atoms with Crippen molar-refractivity contribution in [2.75, 3.05) is 13.2 Å². The maximum atomic E-state index is 10.9. The molecule has 2 atom stereocenters. The van der Waals surface area contributed by atoms with Crippen LogP contribution < -0.4 is 0 Å². The smallest absolute Gasteiger partial charge is 0.238 e. The number of rotatable bonds is 2. The Morgan fingerprint density at radius 1 is 1.55 bits per heavy atom. The minimum atomic E-state index is -3.42. The van der Waals surface area contributed by atoms with Gasteiger partial charge in [0, 0.05) is 16.6 Å². The van der Waals surface area contributed by atoms with Crippen molar-refractivity contribution < 1.29 is 13.2 Å². The van der Waals surface area contributed by atoms with Crippen molar-refractivity contribution in [1.29, 1.82) is 0 Å². The minimum Gasteiger partial charge on any atom is -0.380 e. The first-order chi connectivity index (χ1) is 5.05. The topological polar surface area (TPSA) is 43.4 Å². The molecule has 1 aliphatic heterocycles. The largest absolute Gasteiger partial charge is 0.380 e. The van der Waals surface area contributed by atoms with Crippen LogP contribution in [-0.2, 0) is 13.8 Å². The van der Waals surface area contributed by atoms with E-state index in [0.29, 0.717) is 6.61 Å². The molecule has 0 aromatic heterocycles. The number of hydrogen-bond acceptors (Lipinski definition) is 3. The van der Waals surface area contributed by atoms with Crippen molar-refractivity contribution in [2.24, 2.45) is 5.92 Å². The average molecular weight is 199 g/mol. The van der Waals surface area contributed by atoms with Gasteiger partial charge in [0.1, 0.15) is 5.25 Å². The van der Waals surface area contributed by atoms with Gasteiger partial charge in [-0.15, -0.1) is 0 Å². The van der Waals surface area contributed by atoms with E-state index >= 15 is 0 Å². The fourth-order valence-corrected chi connectivity index (χ4v) is 2.85. The molecule has 2 unspecified atom stereocenters. The fraction of sp³-hybridized carbons (Fsp3) is 1.00. The van der Waals surface area contributed by atoms with Crippen molar-refractivity contribution in [1.82, 2.24) is 0 Å². The molecule has 0 bridgehead atoms. The Kier molecular flexibility index (Phi) is 2.78. The lowest BCUT2D eigenvalue weighted by Crippen LogP contribution is -2.24. The lowest BCUT2D eigenvalue weighted by molar-refractivity contribution is 0.185. The summed E-state index contributed by atoms with van der Waals surface area (Å²) in [6.45, 7) is 2.71. The van der Waals surface area contributed by atoms with Crippen LogP contribution in [0.1, 0.15) is 13.3 Å². The molecule has 1 heterocycles. The third-order valence-corrected chi connectivity index (χ3v) is 3.96. The molecule has 0 amide bonds. The van der Waals surface area contributed by atoms with Gasteiger partial charge in [-0.1, -0.05) is 6.92 Å². The van der Waals surface area contributed by atoms with Crippen LogP contribution in [0.5, 0.6) is 0 Å². The second-order valence-corrected chi connectivity index (χ2v) is 5.57.